The van der Waals surface area contributed by atoms with E-state index in [-0.39, 0.29) is 11.3 Å². The lowest BCUT2D eigenvalue weighted by atomic mass is 9.52. The van der Waals surface area contributed by atoms with Crippen LogP contribution in [-0.4, -0.2) is 34.9 Å². The number of ether oxygens (including phenoxy) is 2. The van der Waals surface area contributed by atoms with E-state index in [0.29, 0.717) is 25.2 Å². The minimum atomic E-state index is -1.43. The molecule has 5 unspecified atom stereocenters. The Bertz CT molecular complexity index is 534. The van der Waals surface area contributed by atoms with Crippen LogP contribution >= 0.6 is 0 Å². The molecule has 5 heteroatoms. The number of hydrogen-bond acceptors (Lipinski definition) is 5. The smallest absolute Gasteiger partial charge is 0.303 e. The van der Waals surface area contributed by atoms with Crippen molar-refractivity contribution in [3.05, 3.63) is 12.2 Å². The van der Waals surface area contributed by atoms with Crippen LogP contribution in [0, 0.1) is 17.3 Å². The second kappa shape index (κ2) is 6.51. The van der Waals surface area contributed by atoms with Gasteiger partial charge in [0.1, 0.15) is 17.8 Å². The summed E-state index contributed by atoms with van der Waals surface area (Å²) >= 11 is 0. The molecule has 5 atom stereocenters. The SMILES string of the molecule is C=C1CCC(OC(C)=O)C(C)(O)C(OC(C)=O)CC2C1CC2(C)C. The van der Waals surface area contributed by atoms with Gasteiger partial charge in [-0.15, -0.1) is 0 Å². The van der Waals surface area contributed by atoms with Gasteiger partial charge in [0.2, 0.25) is 0 Å². The predicted molar refractivity (Wildman–Crippen MR) is 90.1 cm³/mol. The number of rotatable bonds is 2. The van der Waals surface area contributed by atoms with Gasteiger partial charge in [-0.05, 0) is 49.9 Å². The van der Waals surface area contributed by atoms with E-state index in [2.05, 4.69) is 20.4 Å². The number of esters is 2. The van der Waals surface area contributed by atoms with E-state index < -0.39 is 29.7 Å². The molecule has 0 spiro atoms. The summed E-state index contributed by atoms with van der Waals surface area (Å²) in [4.78, 5) is 23.1. The van der Waals surface area contributed by atoms with E-state index in [4.69, 9.17) is 9.47 Å². The molecular weight excluding hydrogens is 308 g/mol. The minimum absolute atomic E-state index is 0.114. The molecule has 0 aromatic rings. The van der Waals surface area contributed by atoms with Crippen LogP contribution in [0.4, 0.5) is 0 Å². The molecule has 0 aromatic carbocycles. The fourth-order valence-electron chi connectivity index (χ4n) is 4.37. The van der Waals surface area contributed by atoms with Crippen molar-refractivity contribution in [2.75, 3.05) is 0 Å². The van der Waals surface area contributed by atoms with Gasteiger partial charge in [0.05, 0.1) is 0 Å². The Balaban J connectivity index is 2.36. The molecule has 0 bridgehead atoms. The number of carbonyl (C=O) groups excluding carboxylic acids is 2. The number of carbonyl (C=O) groups is 2. The van der Waals surface area contributed by atoms with Crippen LogP contribution in [0.25, 0.3) is 0 Å². The second-order valence-electron chi connectivity index (χ2n) is 8.26. The molecule has 0 saturated heterocycles. The van der Waals surface area contributed by atoms with E-state index in [1.54, 1.807) is 6.92 Å². The van der Waals surface area contributed by atoms with E-state index in [1.807, 2.05) is 0 Å². The van der Waals surface area contributed by atoms with Crippen molar-refractivity contribution in [3.63, 3.8) is 0 Å². The van der Waals surface area contributed by atoms with Crippen LogP contribution in [0.15, 0.2) is 12.2 Å². The van der Waals surface area contributed by atoms with Gasteiger partial charge in [-0.1, -0.05) is 26.0 Å². The maximum absolute atomic E-state index is 11.6. The highest BCUT2D eigenvalue weighted by atomic mass is 16.6. The molecule has 2 aliphatic carbocycles. The number of fused-ring (bicyclic) bond motifs is 1. The summed E-state index contributed by atoms with van der Waals surface area (Å²) in [6.45, 7) is 12.9. The maximum Gasteiger partial charge on any atom is 0.303 e. The van der Waals surface area contributed by atoms with Crippen molar-refractivity contribution in [2.45, 2.75) is 78.1 Å². The fourth-order valence-corrected chi connectivity index (χ4v) is 4.37. The lowest BCUT2D eigenvalue weighted by Crippen LogP contribution is -2.55. The van der Waals surface area contributed by atoms with Crippen LogP contribution < -0.4 is 0 Å². The summed E-state index contributed by atoms with van der Waals surface area (Å²) in [7, 11) is 0. The van der Waals surface area contributed by atoms with Crippen LogP contribution in [0.5, 0.6) is 0 Å². The number of hydrogen-bond donors (Lipinski definition) is 1. The van der Waals surface area contributed by atoms with Gasteiger partial charge in [-0.3, -0.25) is 9.59 Å². The van der Waals surface area contributed by atoms with E-state index >= 15 is 0 Å². The summed E-state index contributed by atoms with van der Waals surface area (Å²) < 4.78 is 10.9. The number of allylic oxidation sites excluding steroid dienone is 1. The zero-order chi connectivity index (χ0) is 18.3. The predicted octanol–water partition coefficient (Wildman–Crippen LogP) is 3.00. The van der Waals surface area contributed by atoms with Crippen LogP contribution in [-0.2, 0) is 19.1 Å². The summed E-state index contributed by atoms with van der Waals surface area (Å²) in [6.07, 6.45) is 1.32. The van der Waals surface area contributed by atoms with Gasteiger partial charge >= 0.3 is 11.9 Å². The quantitative estimate of drug-likeness (QED) is 0.619. The Morgan fingerprint density at radius 3 is 2.17 bits per heavy atom. The Labute approximate surface area is 144 Å². The molecule has 0 amide bonds. The van der Waals surface area contributed by atoms with Crippen molar-refractivity contribution in [3.8, 4) is 0 Å². The van der Waals surface area contributed by atoms with Gasteiger partial charge in [0.15, 0.2) is 0 Å². The molecule has 24 heavy (non-hydrogen) atoms. The van der Waals surface area contributed by atoms with Gasteiger partial charge in [-0.25, -0.2) is 0 Å². The Morgan fingerprint density at radius 1 is 1.12 bits per heavy atom. The van der Waals surface area contributed by atoms with Gasteiger partial charge in [0, 0.05) is 13.8 Å². The summed E-state index contributed by atoms with van der Waals surface area (Å²) in [6, 6.07) is 0. The van der Waals surface area contributed by atoms with Crippen molar-refractivity contribution in [1.29, 1.82) is 0 Å². The first-order valence-electron chi connectivity index (χ1n) is 8.69. The lowest BCUT2D eigenvalue weighted by Gasteiger charge is -2.54. The molecule has 2 rings (SSSR count). The Kier molecular flexibility index (Phi) is 5.14. The molecule has 1 N–H and O–H groups in total. The average Bonchev–Trinajstić information content (AvgIpc) is 2.45. The summed E-state index contributed by atoms with van der Waals surface area (Å²) in [5, 5.41) is 11.1. The largest absolute Gasteiger partial charge is 0.459 e. The monoisotopic (exact) mass is 338 g/mol. The van der Waals surface area contributed by atoms with Crippen molar-refractivity contribution >= 4 is 11.9 Å². The van der Waals surface area contributed by atoms with Crippen LogP contribution in [0.2, 0.25) is 0 Å². The zero-order valence-corrected chi connectivity index (χ0v) is 15.4. The van der Waals surface area contributed by atoms with Crippen molar-refractivity contribution in [1.82, 2.24) is 0 Å². The maximum atomic E-state index is 11.6. The molecule has 136 valence electrons. The standard InChI is InChI=1S/C19H30O5/c1-11-7-8-16(23-12(2)20)19(6,22)17(24-13(3)21)9-15-14(11)10-18(15,4)5/h14-17,22H,1,7-10H2,2-6H3. The van der Waals surface area contributed by atoms with Gasteiger partial charge in [0.25, 0.3) is 0 Å². The van der Waals surface area contributed by atoms with Crippen LogP contribution in [0.1, 0.15) is 60.3 Å². The van der Waals surface area contributed by atoms with E-state index in [0.717, 1.165) is 12.0 Å². The zero-order valence-electron chi connectivity index (χ0n) is 15.4. The average molecular weight is 338 g/mol. The minimum Gasteiger partial charge on any atom is -0.459 e. The molecule has 0 heterocycles. The molecule has 0 aromatic heterocycles. The first-order chi connectivity index (χ1) is 10.9. The molecule has 0 radical (unpaired) electrons. The molecule has 2 aliphatic rings. The highest BCUT2D eigenvalue weighted by Crippen LogP contribution is 2.57. The van der Waals surface area contributed by atoms with Crippen molar-refractivity contribution in [2.24, 2.45) is 17.3 Å². The molecule has 0 aliphatic heterocycles. The van der Waals surface area contributed by atoms with Crippen LogP contribution in [0.3, 0.4) is 0 Å². The molecule has 5 nitrogen and oxygen atoms in total. The van der Waals surface area contributed by atoms with Gasteiger partial charge in [-0.2, -0.15) is 0 Å². The summed E-state index contributed by atoms with van der Waals surface area (Å²) in [5.41, 5.74) is -0.183. The lowest BCUT2D eigenvalue weighted by molar-refractivity contribution is -0.196. The third-order valence-electron chi connectivity index (χ3n) is 5.88. The normalized spacial score (nSPS) is 38.7. The van der Waals surface area contributed by atoms with E-state index in [1.165, 1.54) is 13.8 Å². The highest BCUT2D eigenvalue weighted by Gasteiger charge is 2.54. The Morgan fingerprint density at radius 2 is 1.67 bits per heavy atom. The highest BCUT2D eigenvalue weighted by molar-refractivity contribution is 5.67. The first kappa shape index (κ1) is 19.0. The molecule has 2 fully saturated rings. The third-order valence-corrected chi connectivity index (χ3v) is 5.88. The summed E-state index contributed by atoms with van der Waals surface area (Å²) in [5.74, 6) is -0.231. The van der Waals surface area contributed by atoms with E-state index in [9.17, 15) is 14.7 Å². The fraction of sp³-hybridized carbons (Fsp3) is 0.789. The second-order valence-corrected chi connectivity index (χ2v) is 8.26. The topological polar surface area (TPSA) is 72.8 Å². The Hall–Kier alpha value is -1.36. The molecule has 2 saturated carbocycles. The van der Waals surface area contributed by atoms with Gasteiger partial charge < -0.3 is 14.6 Å². The van der Waals surface area contributed by atoms with Crippen molar-refractivity contribution < 1.29 is 24.2 Å². The number of aliphatic hydroxyl groups is 1. The third kappa shape index (κ3) is 3.66. The first-order valence-corrected chi connectivity index (χ1v) is 8.69. The molecular formula is C19H30O5.